The van der Waals surface area contributed by atoms with Crippen LogP contribution in [0.2, 0.25) is 0 Å². The number of amides is 2. The van der Waals surface area contributed by atoms with Gasteiger partial charge < -0.3 is 15.1 Å². The Hall–Kier alpha value is -5.12. The summed E-state index contributed by atoms with van der Waals surface area (Å²) in [4.78, 5) is 30.7. The van der Waals surface area contributed by atoms with Crippen LogP contribution in [0, 0.1) is 5.92 Å². The summed E-state index contributed by atoms with van der Waals surface area (Å²) >= 11 is 0. The summed E-state index contributed by atoms with van der Waals surface area (Å²) < 4.78 is 1.72. The van der Waals surface area contributed by atoms with E-state index in [1.54, 1.807) is 14.5 Å². The molecule has 0 aliphatic carbocycles. The van der Waals surface area contributed by atoms with Gasteiger partial charge in [0.15, 0.2) is 5.60 Å². The molecule has 1 aromatic heterocycles. The highest BCUT2D eigenvalue weighted by Crippen LogP contribution is 2.46. The number of aryl methyl sites for hydroxylation is 1. The van der Waals surface area contributed by atoms with Crippen molar-refractivity contribution in [1.82, 2.24) is 15.0 Å². The van der Waals surface area contributed by atoms with Crippen molar-refractivity contribution in [2.24, 2.45) is 5.92 Å². The van der Waals surface area contributed by atoms with E-state index < -0.39 is 11.5 Å². The zero-order valence-electron chi connectivity index (χ0n) is 24.9. The molecule has 7 rings (SSSR count). The lowest BCUT2D eigenvalue weighted by atomic mass is 9.83. The fraction of sp³-hybridized carbons (Fsp3) is 0.222. The van der Waals surface area contributed by atoms with E-state index >= 15 is 0 Å². The molecule has 9 heteroatoms. The Labute approximate surface area is 260 Å². The number of fused-ring (bicyclic) bond motifs is 1. The van der Waals surface area contributed by atoms with Crippen LogP contribution in [0.4, 0.5) is 17.1 Å². The fourth-order valence-corrected chi connectivity index (χ4v) is 6.49. The number of anilines is 3. The predicted molar refractivity (Wildman–Crippen MR) is 172 cm³/mol. The Morgan fingerprint density at radius 1 is 0.933 bits per heavy atom. The Morgan fingerprint density at radius 3 is 2.49 bits per heavy atom. The molecule has 2 N–H and O–H groups in total. The van der Waals surface area contributed by atoms with Crippen LogP contribution >= 0.6 is 0 Å². The summed E-state index contributed by atoms with van der Waals surface area (Å²) in [5.74, 6) is -0.908. The number of carbonyl (C=O) groups is 2. The molecule has 0 bridgehead atoms. The van der Waals surface area contributed by atoms with Gasteiger partial charge in [-0.05, 0) is 47.7 Å². The molecule has 3 heterocycles. The van der Waals surface area contributed by atoms with Gasteiger partial charge in [0.2, 0.25) is 0 Å². The van der Waals surface area contributed by atoms with Crippen molar-refractivity contribution in [3.05, 3.63) is 126 Å². The third-order valence-electron chi connectivity index (χ3n) is 8.83. The molecule has 2 amide bonds. The summed E-state index contributed by atoms with van der Waals surface area (Å²) in [5, 5.41) is 31.1. The summed E-state index contributed by atoms with van der Waals surface area (Å²) in [6.07, 6.45) is 6.75. The maximum Gasteiger partial charge on any atom is 0.264 e. The lowest BCUT2D eigenvalue weighted by Crippen LogP contribution is -2.44. The summed E-state index contributed by atoms with van der Waals surface area (Å²) in [5.41, 5.74) is 3.49. The first-order chi connectivity index (χ1) is 21.9. The maximum absolute atomic E-state index is 13.9. The molecule has 226 valence electrons. The summed E-state index contributed by atoms with van der Waals surface area (Å²) in [6, 6.07) is 26.8. The molecular weight excluding hydrogens is 566 g/mol. The fourth-order valence-electron chi connectivity index (χ4n) is 6.49. The van der Waals surface area contributed by atoms with Gasteiger partial charge in [-0.25, -0.2) is 0 Å². The number of hydrogen-bond acceptors (Lipinski definition) is 6. The molecule has 0 radical (unpaired) electrons. The summed E-state index contributed by atoms with van der Waals surface area (Å²) in [6.45, 7) is 2.75. The number of aliphatic hydroxyl groups excluding tert-OH is 1. The smallest absolute Gasteiger partial charge is 0.264 e. The highest BCUT2D eigenvalue weighted by molar-refractivity contribution is 6.27. The average Bonchev–Trinajstić information content (AvgIpc) is 3.70. The van der Waals surface area contributed by atoms with E-state index in [9.17, 15) is 14.7 Å². The van der Waals surface area contributed by atoms with E-state index in [1.807, 2.05) is 110 Å². The van der Waals surface area contributed by atoms with Gasteiger partial charge in [0.1, 0.15) is 0 Å². The first kappa shape index (κ1) is 28.6. The first-order valence-corrected chi connectivity index (χ1v) is 15.2. The minimum atomic E-state index is -1.71. The van der Waals surface area contributed by atoms with Gasteiger partial charge in [-0.15, -0.1) is 5.10 Å². The Morgan fingerprint density at radius 2 is 1.69 bits per heavy atom. The standard InChI is InChI=1S/C36H33N5O4/c1-24(8-4-5-20-39-23-27(19-21-42)37-38-39)36(45)30-12-2-3-13-31(30)40(35(36)44)22-25-15-17-28(18-16-25)41-32-14-7-10-26-9-6-11-29(33(26)32)34(41)43/h2-4,6-18,23-24,42,45H,5,19-22H2,1H3/b8-4+/t24-,36+/m1/s1. The number of aliphatic hydroxyl groups is 2. The molecule has 45 heavy (non-hydrogen) atoms. The molecular formula is C36H33N5O4. The monoisotopic (exact) mass is 599 g/mol. The zero-order valence-corrected chi connectivity index (χ0v) is 24.9. The van der Waals surface area contributed by atoms with Crippen LogP contribution in [0.5, 0.6) is 0 Å². The number of aromatic nitrogens is 3. The minimum absolute atomic E-state index is 0.0263. The molecule has 2 atom stereocenters. The zero-order chi connectivity index (χ0) is 31.1. The maximum atomic E-state index is 13.9. The number of nitrogens with zero attached hydrogens (tertiary/aromatic N) is 5. The van der Waals surface area contributed by atoms with Gasteiger partial charge in [-0.2, -0.15) is 0 Å². The van der Waals surface area contributed by atoms with Gasteiger partial charge in [0.25, 0.3) is 11.8 Å². The number of hydrogen-bond donors (Lipinski definition) is 2. The number of benzene rings is 4. The van der Waals surface area contributed by atoms with Crippen LogP contribution in [0.1, 0.15) is 40.5 Å². The van der Waals surface area contributed by atoms with Crippen molar-refractivity contribution in [1.29, 1.82) is 0 Å². The molecule has 0 unspecified atom stereocenters. The molecule has 5 aromatic rings. The largest absolute Gasteiger partial charge is 0.396 e. The summed E-state index contributed by atoms with van der Waals surface area (Å²) in [7, 11) is 0. The van der Waals surface area contributed by atoms with Crippen molar-refractivity contribution in [3.8, 4) is 0 Å². The second-order valence-corrected chi connectivity index (χ2v) is 11.6. The predicted octanol–water partition coefficient (Wildman–Crippen LogP) is 5.28. The number of rotatable bonds is 10. The van der Waals surface area contributed by atoms with E-state index in [-0.39, 0.29) is 25.0 Å². The quantitative estimate of drug-likeness (QED) is 0.212. The number of allylic oxidation sites excluding steroid dienone is 1. The average molecular weight is 600 g/mol. The highest BCUT2D eigenvalue weighted by Gasteiger charge is 2.52. The van der Waals surface area contributed by atoms with Gasteiger partial charge >= 0.3 is 0 Å². The molecule has 2 aliphatic rings. The van der Waals surface area contributed by atoms with E-state index in [0.717, 1.165) is 33.4 Å². The van der Waals surface area contributed by atoms with Crippen molar-refractivity contribution in [3.63, 3.8) is 0 Å². The molecule has 0 saturated heterocycles. The Kier molecular flexibility index (Phi) is 7.27. The van der Waals surface area contributed by atoms with Crippen LogP contribution in [0.25, 0.3) is 10.8 Å². The minimum Gasteiger partial charge on any atom is -0.396 e. The second kappa shape index (κ2) is 11.4. The number of para-hydroxylation sites is 1. The van der Waals surface area contributed by atoms with Crippen molar-refractivity contribution in [2.45, 2.75) is 38.5 Å². The van der Waals surface area contributed by atoms with Gasteiger partial charge in [-0.3, -0.25) is 19.2 Å². The topological polar surface area (TPSA) is 112 Å². The van der Waals surface area contributed by atoms with Crippen LogP contribution in [-0.4, -0.2) is 43.6 Å². The molecule has 0 saturated carbocycles. The Bertz CT molecular complexity index is 1940. The van der Waals surface area contributed by atoms with E-state index in [0.29, 0.717) is 36.2 Å². The lowest BCUT2D eigenvalue weighted by Gasteiger charge is -2.27. The lowest BCUT2D eigenvalue weighted by molar-refractivity contribution is -0.139. The molecule has 9 nitrogen and oxygen atoms in total. The van der Waals surface area contributed by atoms with E-state index in [2.05, 4.69) is 10.3 Å². The molecule has 2 aliphatic heterocycles. The van der Waals surface area contributed by atoms with Crippen molar-refractivity contribution < 1.29 is 19.8 Å². The number of carbonyl (C=O) groups excluding carboxylic acids is 2. The van der Waals surface area contributed by atoms with Gasteiger partial charge in [0, 0.05) is 48.3 Å². The van der Waals surface area contributed by atoms with Gasteiger partial charge in [0.05, 0.1) is 29.2 Å². The molecule has 0 spiro atoms. The van der Waals surface area contributed by atoms with E-state index in [1.165, 1.54) is 0 Å². The van der Waals surface area contributed by atoms with Crippen molar-refractivity contribution in [2.75, 3.05) is 16.4 Å². The molecule has 4 aromatic carbocycles. The van der Waals surface area contributed by atoms with Crippen LogP contribution in [-0.2, 0) is 29.9 Å². The van der Waals surface area contributed by atoms with Crippen LogP contribution in [0.3, 0.4) is 0 Å². The highest BCUT2D eigenvalue weighted by atomic mass is 16.3. The normalized spacial score (nSPS) is 18.0. The van der Waals surface area contributed by atoms with Crippen LogP contribution in [0.15, 0.2) is 103 Å². The SMILES string of the molecule is C[C@H](/C=C/CCn1cc(CCO)nn1)[C@@]1(O)C(=O)N(Cc2ccc(N3C(=O)c4cccc5cccc3c45)cc2)c2ccccc21. The molecule has 0 fully saturated rings. The second-order valence-electron chi connectivity index (χ2n) is 11.6. The third kappa shape index (κ3) is 4.81. The first-order valence-electron chi connectivity index (χ1n) is 15.2. The Balaban J connectivity index is 1.08. The third-order valence-corrected chi connectivity index (χ3v) is 8.83. The van der Waals surface area contributed by atoms with Crippen LogP contribution < -0.4 is 9.80 Å². The van der Waals surface area contributed by atoms with Gasteiger partial charge in [-0.1, -0.05) is 78.9 Å². The van der Waals surface area contributed by atoms with Crippen molar-refractivity contribution >= 4 is 39.6 Å². The van der Waals surface area contributed by atoms with E-state index in [4.69, 9.17) is 5.11 Å².